The van der Waals surface area contributed by atoms with E-state index < -0.39 is 17.7 Å². The topological polar surface area (TPSA) is 55.4 Å². The quantitative estimate of drug-likeness (QED) is 0.612. The van der Waals surface area contributed by atoms with Gasteiger partial charge in [0.2, 0.25) is 0 Å². The number of benzene rings is 1. The van der Waals surface area contributed by atoms with Gasteiger partial charge in [0.15, 0.2) is 6.61 Å². The van der Waals surface area contributed by atoms with Gasteiger partial charge in [-0.3, -0.25) is 4.79 Å². The van der Waals surface area contributed by atoms with Crippen molar-refractivity contribution in [1.82, 2.24) is 5.32 Å². The van der Waals surface area contributed by atoms with E-state index in [2.05, 4.69) is 19.2 Å². The molecular weight excluding hydrogens is 359 g/mol. The Morgan fingerprint density at radius 3 is 2.48 bits per heavy atom. The van der Waals surface area contributed by atoms with E-state index in [4.69, 9.17) is 4.74 Å². The fourth-order valence-electron chi connectivity index (χ4n) is 3.17. The van der Waals surface area contributed by atoms with Gasteiger partial charge in [0.25, 0.3) is 5.91 Å². The van der Waals surface area contributed by atoms with E-state index in [0.29, 0.717) is 17.4 Å². The minimum Gasteiger partial charge on any atom is -0.452 e. The van der Waals surface area contributed by atoms with Crippen LogP contribution in [0.25, 0.3) is 6.08 Å². The van der Waals surface area contributed by atoms with Gasteiger partial charge in [0.05, 0.1) is 5.56 Å². The van der Waals surface area contributed by atoms with Crippen LogP contribution in [0.1, 0.15) is 44.2 Å². The van der Waals surface area contributed by atoms with Gasteiger partial charge in [-0.25, -0.2) is 4.79 Å². The maximum Gasteiger partial charge on any atom is 0.416 e. The molecule has 1 aromatic rings. The summed E-state index contributed by atoms with van der Waals surface area (Å²) in [4.78, 5) is 23.6. The molecule has 0 spiro atoms. The summed E-state index contributed by atoms with van der Waals surface area (Å²) in [5.74, 6) is -0.163. The van der Waals surface area contributed by atoms with Crippen molar-refractivity contribution < 1.29 is 27.5 Å². The molecule has 4 nitrogen and oxygen atoms in total. The van der Waals surface area contributed by atoms with Crippen molar-refractivity contribution in [2.24, 2.45) is 11.8 Å². The number of carbonyl (C=O) groups excluding carboxylic acids is 2. The molecule has 1 aromatic carbocycles. The van der Waals surface area contributed by atoms with Crippen LogP contribution < -0.4 is 5.32 Å². The zero-order chi connectivity index (χ0) is 20.0. The number of rotatable bonds is 5. The van der Waals surface area contributed by atoms with Crippen LogP contribution >= 0.6 is 0 Å². The van der Waals surface area contributed by atoms with Crippen molar-refractivity contribution in [3.05, 3.63) is 41.5 Å². The third-order valence-corrected chi connectivity index (χ3v) is 5.05. The lowest BCUT2D eigenvalue weighted by atomic mass is 9.78. The normalized spacial score (nSPS) is 23.2. The average molecular weight is 383 g/mol. The van der Waals surface area contributed by atoms with E-state index in [0.717, 1.165) is 37.5 Å². The van der Waals surface area contributed by atoms with Crippen LogP contribution in [0, 0.1) is 11.8 Å². The van der Waals surface area contributed by atoms with E-state index in [1.807, 2.05) is 0 Å². The van der Waals surface area contributed by atoms with E-state index in [-0.39, 0.29) is 18.6 Å². The summed E-state index contributed by atoms with van der Waals surface area (Å²) in [6.07, 6.45) is 1.15. The first-order chi connectivity index (χ1) is 12.7. The lowest BCUT2D eigenvalue weighted by Gasteiger charge is -2.34. The van der Waals surface area contributed by atoms with Crippen molar-refractivity contribution >= 4 is 18.0 Å². The molecule has 1 aliphatic carbocycles. The molecule has 2 rings (SSSR count). The van der Waals surface area contributed by atoms with Gasteiger partial charge < -0.3 is 10.1 Å². The molecule has 0 bridgehead atoms. The van der Waals surface area contributed by atoms with Gasteiger partial charge in [-0.15, -0.1) is 0 Å². The molecular formula is C20H24F3NO3. The Balaban J connectivity index is 1.78. The standard InChI is InChI=1S/C20H24F3NO3/c1-13-4-3-5-17(14(13)2)24-18(25)12-27-19(26)11-8-15-6-9-16(10-7-15)20(21,22)23/h6-11,13-14,17H,3-5,12H2,1-2H3,(H,24,25)/b11-8+/t13-,14-,17-/m1/s1. The first-order valence-electron chi connectivity index (χ1n) is 8.98. The number of ether oxygens (including phenoxy) is 1. The smallest absolute Gasteiger partial charge is 0.416 e. The highest BCUT2D eigenvalue weighted by Crippen LogP contribution is 2.30. The Kier molecular flexibility index (Phi) is 7.05. The maximum atomic E-state index is 12.5. The second kappa shape index (κ2) is 9.06. The molecule has 0 aliphatic heterocycles. The lowest BCUT2D eigenvalue weighted by molar-refractivity contribution is -0.144. The highest BCUT2D eigenvalue weighted by atomic mass is 19.4. The third-order valence-electron chi connectivity index (χ3n) is 5.05. The Morgan fingerprint density at radius 1 is 1.19 bits per heavy atom. The predicted octanol–water partition coefficient (Wildman–Crippen LogP) is 4.20. The molecule has 27 heavy (non-hydrogen) atoms. The summed E-state index contributed by atoms with van der Waals surface area (Å²) in [6.45, 7) is 3.89. The van der Waals surface area contributed by atoms with Gasteiger partial charge in [-0.05, 0) is 42.0 Å². The largest absolute Gasteiger partial charge is 0.452 e. The molecule has 0 saturated heterocycles. The van der Waals surface area contributed by atoms with Crippen LogP contribution in [-0.4, -0.2) is 24.5 Å². The van der Waals surface area contributed by atoms with Crippen LogP contribution in [0.15, 0.2) is 30.3 Å². The zero-order valence-corrected chi connectivity index (χ0v) is 15.4. The van der Waals surface area contributed by atoms with Crippen molar-refractivity contribution in [2.75, 3.05) is 6.61 Å². The summed E-state index contributed by atoms with van der Waals surface area (Å²) in [6, 6.07) is 4.47. The fraction of sp³-hybridized carbons (Fsp3) is 0.500. The van der Waals surface area contributed by atoms with Crippen LogP contribution in [0.2, 0.25) is 0 Å². The van der Waals surface area contributed by atoms with E-state index in [9.17, 15) is 22.8 Å². The number of esters is 1. The number of halogens is 3. The zero-order valence-electron chi connectivity index (χ0n) is 15.4. The van der Waals surface area contributed by atoms with Gasteiger partial charge in [0.1, 0.15) is 0 Å². The summed E-state index contributed by atoms with van der Waals surface area (Å²) in [5.41, 5.74) is -0.334. The molecule has 1 fully saturated rings. The minimum absolute atomic E-state index is 0.0858. The SMILES string of the molecule is C[C@@H]1[C@H](C)CCC[C@H]1NC(=O)COC(=O)/C=C/c1ccc(C(F)(F)F)cc1. The monoisotopic (exact) mass is 383 g/mol. The highest BCUT2D eigenvalue weighted by molar-refractivity contribution is 5.89. The van der Waals surface area contributed by atoms with Crippen LogP contribution in [0.5, 0.6) is 0 Å². The molecule has 0 unspecified atom stereocenters. The maximum absolute atomic E-state index is 12.5. The molecule has 3 atom stereocenters. The van der Waals surface area contributed by atoms with Crippen molar-refractivity contribution in [3.63, 3.8) is 0 Å². The summed E-state index contributed by atoms with van der Waals surface area (Å²) in [7, 11) is 0. The number of hydrogen-bond acceptors (Lipinski definition) is 3. The molecule has 0 aromatic heterocycles. The second-order valence-electron chi connectivity index (χ2n) is 7.00. The summed E-state index contributed by atoms with van der Waals surface area (Å²) >= 11 is 0. The molecule has 0 heterocycles. The van der Waals surface area contributed by atoms with Gasteiger partial charge >= 0.3 is 12.1 Å². The van der Waals surface area contributed by atoms with Crippen LogP contribution in [0.4, 0.5) is 13.2 Å². The highest BCUT2D eigenvalue weighted by Gasteiger charge is 2.30. The molecule has 7 heteroatoms. The fourth-order valence-corrected chi connectivity index (χ4v) is 3.17. The first kappa shape index (κ1) is 21.0. The number of amides is 1. The molecule has 1 amide bonds. The summed E-state index contributed by atoms with van der Waals surface area (Å²) in [5, 5.41) is 2.90. The molecule has 1 saturated carbocycles. The average Bonchev–Trinajstić information content (AvgIpc) is 2.61. The summed E-state index contributed by atoms with van der Waals surface area (Å²) < 4.78 is 42.4. The Morgan fingerprint density at radius 2 is 1.85 bits per heavy atom. The number of nitrogens with one attached hydrogen (secondary N) is 1. The Bertz CT molecular complexity index is 683. The van der Waals surface area contributed by atoms with E-state index >= 15 is 0 Å². The third kappa shape index (κ3) is 6.41. The first-order valence-corrected chi connectivity index (χ1v) is 8.98. The van der Waals surface area contributed by atoms with Crippen LogP contribution in [-0.2, 0) is 20.5 Å². The number of hydrogen-bond donors (Lipinski definition) is 1. The van der Waals surface area contributed by atoms with Gasteiger partial charge in [0, 0.05) is 12.1 Å². The Labute approximate surface area is 156 Å². The lowest BCUT2D eigenvalue weighted by Crippen LogP contribution is -2.45. The minimum atomic E-state index is -4.40. The van der Waals surface area contributed by atoms with Crippen LogP contribution in [0.3, 0.4) is 0 Å². The van der Waals surface area contributed by atoms with Gasteiger partial charge in [-0.2, -0.15) is 13.2 Å². The van der Waals surface area contributed by atoms with Crippen molar-refractivity contribution in [3.8, 4) is 0 Å². The molecule has 148 valence electrons. The van der Waals surface area contributed by atoms with Crippen molar-refractivity contribution in [2.45, 2.75) is 45.3 Å². The molecule has 0 radical (unpaired) electrons. The number of carbonyl (C=O) groups is 2. The van der Waals surface area contributed by atoms with E-state index in [1.165, 1.54) is 18.2 Å². The van der Waals surface area contributed by atoms with Gasteiger partial charge in [-0.1, -0.05) is 38.8 Å². The predicted molar refractivity (Wildman–Crippen MR) is 95.5 cm³/mol. The van der Waals surface area contributed by atoms with E-state index in [1.54, 1.807) is 0 Å². The second-order valence-corrected chi connectivity index (χ2v) is 7.00. The Hall–Kier alpha value is -2.31. The van der Waals surface area contributed by atoms with Crippen molar-refractivity contribution in [1.29, 1.82) is 0 Å². The number of alkyl halides is 3. The molecule has 1 N–H and O–H groups in total. The molecule has 1 aliphatic rings.